The number of likely N-dealkylation sites (N-methyl/N-ethyl adjacent to an activating group) is 1. The molecule has 0 saturated heterocycles. The number of carbonyl (C=O) groups is 1. The molecular formula is C11H25N2O5P. The first-order valence-corrected chi connectivity index (χ1v) is 7.23. The smallest absolute Gasteiger partial charge is 0.268 e. The van der Waals surface area contributed by atoms with Crippen molar-refractivity contribution in [3.63, 3.8) is 0 Å². The van der Waals surface area contributed by atoms with Crippen LogP contribution in [-0.4, -0.2) is 51.3 Å². The van der Waals surface area contributed by atoms with Crippen molar-refractivity contribution in [3.05, 3.63) is 12.2 Å². The third-order valence-electron chi connectivity index (χ3n) is 1.72. The van der Waals surface area contributed by atoms with Gasteiger partial charge in [-0.1, -0.05) is 6.58 Å². The van der Waals surface area contributed by atoms with Crippen LogP contribution in [0.5, 0.6) is 0 Å². The summed E-state index contributed by atoms with van der Waals surface area (Å²) in [4.78, 5) is 20.7. The average molecular weight is 296 g/mol. The summed E-state index contributed by atoms with van der Waals surface area (Å²) < 4.78 is 20.6. The summed E-state index contributed by atoms with van der Waals surface area (Å²) >= 11 is 0. The topological polar surface area (TPSA) is 102 Å². The van der Waals surface area contributed by atoms with Crippen molar-refractivity contribution in [1.29, 1.82) is 0 Å². The zero-order valence-electron chi connectivity index (χ0n) is 12.3. The zero-order valence-corrected chi connectivity index (χ0v) is 13.2. The summed E-state index contributed by atoms with van der Waals surface area (Å²) in [7, 11) is 1.84. The van der Waals surface area contributed by atoms with E-state index in [1.807, 2.05) is 21.1 Å². The maximum absolute atomic E-state index is 10.9. The molecule has 0 aromatic carbocycles. The van der Waals surface area contributed by atoms with E-state index in [9.17, 15) is 14.3 Å². The van der Waals surface area contributed by atoms with E-state index in [1.165, 1.54) is 0 Å². The average Bonchev–Trinajstić information content (AvgIpc) is 2.15. The predicted octanol–water partition coefficient (Wildman–Crippen LogP) is 0.262. The number of quaternary nitrogens is 1. The van der Waals surface area contributed by atoms with Gasteiger partial charge >= 0.3 is 0 Å². The normalized spacial score (nSPS) is 14.0. The lowest BCUT2D eigenvalue weighted by molar-refractivity contribution is -0.870. The number of nitrogens with zero attached hydrogens (tertiary/aromatic N) is 1. The molecule has 0 rings (SSSR count). The van der Waals surface area contributed by atoms with Gasteiger partial charge in [0.05, 0.1) is 27.7 Å². The standard InChI is InChI=1S/C7H18NO4P.C4H7NO/c1-5-11-13(9,10)12-7-6-8(2,3)4;1-3(2)4(5)6/h5-7H2,1-4H3;1H2,2H3,(H2,5,6). The van der Waals surface area contributed by atoms with Crippen molar-refractivity contribution in [2.45, 2.75) is 13.8 Å². The lowest BCUT2D eigenvalue weighted by Gasteiger charge is -2.26. The van der Waals surface area contributed by atoms with Crippen LogP contribution in [0.25, 0.3) is 0 Å². The van der Waals surface area contributed by atoms with E-state index in [0.29, 0.717) is 16.6 Å². The highest BCUT2D eigenvalue weighted by Crippen LogP contribution is 2.37. The molecule has 0 saturated carbocycles. The van der Waals surface area contributed by atoms with Gasteiger partial charge in [0.25, 0.3) is 7.82 Å². The molecule has 0 heterocycles. The number of nitrogens with two attached hydrogens (primary N) is 1. The van der Waals surface area contributed by atoms with Gasteiger partial charge in [-0.25, -0.2) is 0 Å². The molecule has 0 fully saturated rings. The Hall–Kier alpha value is -0.720. The molecule has 1 unspecified atom stereocenters. The molecule has 0 aliphatic carbocycles. The van der Waals surface area contributed by atoms with E-state index in [-0.39, 0.29) is 13.2 Å². The highest BCUT2D eigenvalue weighted by molar-refractivity contribution is 7.45. The maximum atomic E-state index is 10.9. The Morgan fingerprint density at radius 2 is 1.79 bits per heavy atom. The molecule has 19 heavy (non-hydrogen) atoms. The molecule has 0 aromatic rings. The first-order chi connectivity index (χ1) is 8.41. The SMILES string of the molecule is C=C(C)C(N)=O.CCOP(=O)([O-])OCC[N+](C)(C)C. The number of phosphoric ester groups is 1. The summed E-state index contributed by atoms with van der Waals surface area (Å²) in [5.41, 5.74) is 5.09. The highest BCUT2D eigenvalue weighted by Gasteiger charge is 2.11. The number of rotatable bonds is 7. The Morgan fingerprint density at radius 3 is 2.05 bits per heavy atom. The fraction of sp³-hybridized carbons (Fsp3) is 0.727. The van der Waals surface area contributed by atoms with E-state index in [4.69, 9.17) is 5.73 Å². The summed E-state index contributed by atoms with van der Waals surface area (Å²) in [5, 5.41) is 0. The Bertz CT molecular complexity index is 326. The number of carbonyl (C=O) groups excluding carboxylic acids is 1. The van der Waals surface area contributed by atoms with Crippen LogP contribution in [0.2, 0.25) is 0 Å². The van der Waals surface area contributed by atoms with E-state index in [2.05, 4.69) is 15.6 Å². The molecule has 0 aliphatic heterocycles. The van der Waals surface area contributed by atoms with Gasteiger partial charge in [0.1, 0.15) is 13.2 Å². The molecule has 0 radical (unpaired) electrons. The summed E-state index contributed by atoms with van der Waals surface area (Å²) in [6.45, 7) is 7.35. The molecule has 8 heteroatoms. The Morgan fingerprint density at radius 1 is 1.37 bits per heavy atom. The summed E-state index contributed by atoms with van der Waals surface area (Å²) in [6, 6.07) is 0. The van der Waals surface area contributed by atoms with Crippen LogP contribution in [0.1, 0.15) is 13.8 Å². The van der Waals surface area contributed by atoms with Crippen LogP contribution in [0.15, 0.2) is 12.2 Å². The van der Waals surface area contributed by atoms with E-state index in [0.717, 1.165) is 0 Å². The van der Waals surface area contributed by atoms with Crippen LogP contribution in [0.3, 0.4) is 0 Å². The lowest BCUT2D eigenvalue weighted by Crippen LogP contribution is -2.37. The van der Waals surface area contributed by atoms with Crippen LogP contribution in [-0.2, 0) is 18.4 Å². The van der Waals surface area contributed by atoms with Gasteiger partial charge in [-0.15, -0.1) is 0 Å². The van der Waals surface area contributed by atoms with Gasteiger partial charge in [0, 0.05) is 5.57 Å². The van der Waals surface area contributed by atoms with E-state index < -0.39 is 13.7 Å². The predicted molar refractivity (Wildman–Crippen MR) is 72.1 cm³/mol. The van der Waals surface area contributed by atoms with Crippen molar-refractivity contribution < 1.29 is 27.8 Å². The minimum absolute atomic E-state index is 0.116. The minimum Gasteiger partial charge on any atom is -0.756 e. The van der Waals surface area contributed by atoms with Gasteiger partial charge in [0.15, 0.2) is 0 Å². The first-order valence-electron chi connectivity index (χ1n) is 5.77. The molecule has 114 valence electrons. The minimum atomic E-state index is -4.04. The molecule has 0 aromatic heterocycles. The molecular weight excluding hydrogens is 271 g/mol. The first kappa shape index (κ1) is 20.6. The number of hydrogen-bond acceptors (Lipinski definition) is 5. The molecule has 0 aliphatic rings. The van der Waals surface area contributed by atoms with Crippen molar-refractivity contribution in [1.82, 2.24) is 0 Å². The number of amides is 1. The summed E-state index contributed by atoms with van der Waals surface area (Å²) in [6.07, 6.45) is 0. The van der Waals surface area contributed by atoms with Crippen molar-refractivity contribution in [2.75, 3.05) is 40.9 Å². The van der Waals surface area contributed by atoms with E-state index >= 15 is 0 Å². The second-order valence-electron chi connectivity index (χ2n) is 4.86. The molecule has 7 nitrogen and oxygen atoms in total. The molecule has 0 bridgehead atoms. The third-order valence-corrected chi connectivity index (χ3v) is 2.79. The number of phosphoric acid groups is 1. The molecule has 2 N–H and O–H groups in total. The zero-order chi connectivity index (χ0) is 15.7. The second-order valence-corrected chi connectivity index (χ2v) is 6.27. The molecule has 1 amide bonds. The van der Waals surface area contributed by atoms with Gasteiger partial charge in [0.2, 0.25) is 5.91 Å². The quantitative estimate of drug-likeness (QED) is 0.412. The fourth-order valence-corrected chi connectivity index (χ4v) is 1.32. The third kappa shape index (κ3) is 17.3. The molecule has 1 atom stereocenters. The van der Waals surface area contributed by atoms with Gasteiger partial charge in [-0.2, -0.15) is 0 Å². The van der Waals surface area contributed by atoms with E-state index in [1.54, 1.807) is 13.8 Å². The Balaban J connectivity index is 0. The van der Waals surface area contributed by atoms with Crippen LogP contribution >= 0.6 is 7.82 Å². The maximum Gasteiger partial charge on any atom is 0.268 e. The fourth-order valence-electron chi connectivity index (χ4n) is 0.622. The Labute approximate surface area is 115 Å². The monoisotopic (exact) mass is 296 g/mol. The number of hydrogen-bond donors (Lipinski definition) is 1. The largest absolute Gasteiger partial charge is 0.756 e. The Kier molecular flexibility index (Phi) is 10.0. The second kappa shape index (κ2) is 9.23. The highest BCUT2D eigenvalue weighted by atomic mass is 31.2. The van der Waals surface area contributed by atoms with Crippen molar-refractivity contribution in [3.8, 4) is 0 Å². The van der Waals surface area contributed by atoms with Crippen LogP contribution in [0, 0.1) is 0 Å². The summed E-state index contributed by atoms with van der Waals surface area (Å²) in [5.74, 6) is -0.435. The van der Waals surface area contributed by atoms with Crippen LogP contribution in [0.4, 0.5) is 0 Å². The number of primary amides is 1. The van der Waals surface area contributed by atoms with Gasteiger partial charge < -0.3 is 24.2 Å². The van der Waals surface area contributed by atoms with Crippen molar-refractivity contribution >= 4 is 13.7 Å². The lowest BCUT2D eigenvalue weighted by atomic mass is 10.3. The molecule has 0 spiro atoms. The van der Waals surface area contributed by atoms with Gasteiger partial charge in [-0.3, -0.25) is 9.36 Å². The van der Waals surface area contributed by atoms with Crippen LogP contribution < -0.4 is 10.6 Å². The van der Waals surface area contributed by atoms with Crippen molar-refractivity contribution in [2.24, 2.45) is 5.73 Å². The van der Waals surface area contributed by atoms with Gasteiger partial charge in [-0.05, 0) is 13.8 Å².